The molecule has 0 fully saturated rings. The number of halogens is 1. The van der Waals surface area contributed by atoms with Gasteiger partial charge < -0.3 is 10.1 Å². The zero-order valence-corrected chi connectivity index (χ0v) is 18.9. The fourth-order valence-corrected chi connectivity index (χ4v) is 4.22. The Morgan fingerprint density at radius 1 is 1.29 bits per heavy atom. The Labute approximate surface area is 177 Å². The van der Waals surface area contributed by atoms with Crippen LogP contribution in [0.2, 0.25) is 0 Å². The maximum Gasteiger partial charge on any atom is 0.261 e. The number of benzene rings is 1. The van der Waals surface area contributed by atoms with Gasteiger partial charge in [-0.15, -0.1) is 11.3 Å². The molecule has 148 valence electrons. The largest absolute Gasteiger partial charge is 0.489 e. The standard InChI is InChI=1S/C21H24BrN3O2S/c1-5-25-18(17(22)9-24-25)10-23-21(26)20-8-16(12-28-20)11-27-19-7-13(2)6-14(3)15(19)4/h6-9,12H,5,10-11H2,1-4H3,(H,23,26). The van der Waals surface area contributed by atoms with Crippen LogP contribution in [0.15, 0.2) is 34.2 Å². The number of nitrogens with one attached hydrogen (secondary N) is 1. The van der Waals surface area contributed by atoms with Crippen LogP contribution in [0.5, 0.6) is 5.75 Å². The molecule has 0 bridgehead atoms. The van der Waals surface area contributed by atoms with E-state index in [1.54, 1.807) is 6.20 Å². The smallest absolute Gasteiger partial charge is 0.261 e. The van der Waals surface area contributed by atoms with Crippen LogP contribution in [0.1, 0.15) is 44.5 Å². The van der Waals surface area contributed by atoms with E-state index in [2.05, 4.69) is 59.2 Å². The third-order valence-electron chi connectivity index (χ3n) is 4.65. The van der Waals surface area contributed by atoms with Gasteiger partial charge in [-0.05, 0) is 77.8 Å². The number of nitrogens with zero attached hydrogens (tertiary/aromatic N) is 2. The zero-order valence-electron chi connectivity index (χ0n) is 16.5. The van der Waals surface area contributed by atoms with E-state index in [0.717, 1.165) is 33.6 Å². The third kappa shape index (κ3) is 4.64. The number of hydrogen-bond acceptors (Lipinski definition) is 4. The summed E-state index contributed by atoms with van der Waals surface area (Å²) in [5.41, 5.74) is 5.51. The molecule has 3 aromatic rings. The molecule has 0 saturated carbocycles. The highest BCUT2D eigenvalue weighted by molar-refractivity contribution is 9.10. The Balaban J connectivity index is 1.61. The first-order valence-electron chi connectivity index (χ1n) is 9.15. The van der Waals surface area contributed by atoms with Crippen molar-refractivity contribution in [2.45, 2.75) is 47.4 Å². The summed E-state index contributed by atoms with van der Waals surface area (Å²) in [6.45, 7) is 9.87. The van der Waals surface area contributed by atoms with Crippen molar-refractivity contribution in [1.29, 1.82) is 0 Å². The van der Waals surface area contributed by atoms with Crippen molar-refractivity contribution in [2.75, 3.05) is 0 Å². The summed E-state index contributed by atoms with van der Waals surface area (Å²) >= 11 is 4.91. The van der Waals surface area contributed by atoms with Crippen LogP contribution >= 0.6 is 27.3 Å². The van der Waals surface area contributed by atoms with Gasteiger partial charge in [0, 0.05) is 12.1 Å². The van der Waals surface area contributed by atoms with Crippen LogP contribution in [0.4, 0.5) is 0 Å². The van der Waals surface area contributed by atoms with E-state index in [0.29, 0.717) is 18.0 Å². The lowest BCUT2D eigenvalue weighted by Crippen LogP contribution is -2.23. The summed E-state index contributed by atoms with van der Waals surface area (Å²) in [7, 11) is 0. The SMILES string of the molecule is CCn1ncc(Br)c1CNC(=O)c1cc(COc2cc(C)cc(C)c2C)cs1. The number of carbonyl (C=O) groups is 1. The van der Waals surface area contributed by atoms with Crippen molar-refractivity contribution in [3.05, 3.63) is 67.1 Å². The molecule has 0 aliphatic heterocycles. The van der Waals surface area contributed by atoms with Crippen molar-refractivity contribution in [3.63, 3.8) is 0 Å². The van der Waals surface area contributed by atoms with Crippen molar-refractivity contribution >= 4 is 33.2 Å². The molecule has 1 aromatic carbocycles. The van der Waals surface area contributed by atoms with Crippen molar-refractivity contribution in [3.8, 4) is 5.75 Å². The normalized spacial score (nSPS) is 10.9. The van der Waals surface area contributed by atoms with Crippen LogP contribution in [-0.2, 0) is 19.7 Å². The van der Waals surface area contributed by atoms with E-state index in [1.165, 1.54) is 22.5 Å². The first-order valence-corrected chi connectivity index (χ1v) is 10.8. The minimum atomic E-state index is -0.0883. The molecule has 0 spiro atoms. The molecule has 2 aromatic heterocycles. The van der Waals surface area contributed by atoms with E-state index < -0.39 is 0 Å². The number of ether oxygens (including phenoxy) is 1. The predicted molar refractivity (Wildman–Crippen MR) is 116 cm³/mol. The Hall–Kier alpha value is -2.12. The second kappa shape index (κ2) is 8.92. The minimum Gasteiger partial charge on any atom is -0.489 e. The molecule has 2 heterocycles. The number of rotatable bonds is 7. The number of aryl methyl sites for hydroxylation is 3. The van der Waals surface area contributed by atoms with Gasteiger partial charge in [-0.3, -0.25) is 9.48 Å². The molecule has 1 amide bonds. The number of thiophene rings is 1. The van der Waals surface area contributed by atoms with Gasteiger partial charge in [0.1, 0.15) is 12.4 Å². The summed E-state index contributed by atoms with van der Waals surface area (Å²) in [5, 5.41) is 9.21. The summed E-state index contributed by atoms with van der Waals surface area (Å²) in [5.74, 6) is 0.807. The fourth-order valence-electron chi connectivity index (χ4n) is 2.97. The summed E-state index contributed by atoms with van der Waals surface area (Å²) in [6.07, 6.45) is 1.75. The van der Waals surface area contributed by atoms with Gasteiger partial charge in [0.2, 0.25) is 0 Å². The molecule has 0 radical (unpaired) electrons. The molecule has 7 heteroatoms. The maximum absolute atomic E-state index is 12.5. The second-order valence-corrected chi connectivity index (χ2v) is 8.52. The monoisotopic (exact) mass is 461 g/mol. The van der Waals surface area contributed by atoms with E-state index in [-0.39, 0.29) is 5.91 Å². The molecule has 0 aliphatic carbocycles. The lowest BCUT2D eigenvalue weighted by atomic mass is 10.1. The summed E-state index contributed by atoms with van der Waals surface area (Å²) in [4.78, 5) is 13.2. The van der Waals surface area contributed by atoms with Gasteiger partial charge in [0.15, 0.2) is 0 Å². The van der Waals surface area contributed by atoms with Crippen LogP contribution in [-0.4, -0.2) is 15.7 Å². The van der Waals surface area contributed by atoms with E-state index in [1.807, 2.05) is 23.1 Å². The fraction of sp³-hybridized carbons (Fsp3) is 0.333. The molecule has 0 saturated heterocycles. The van der Waals surface area contributed by atoms with Gasteiger partial charge in [0.25, 0.3) is 5.91 Å². The Morgan fingerprint density at radius 2 is 2.07 bits per heavy atom. The average molecular weight is 462 g/mol. The topological polar surface area (TPSA) is 56.2 Å². The van der Waals surface area contributed by atoms with Gasteiger partial charge in [-0.2, -0.15) is 5.10 Å². The molecule has 28 heavy (non-hydrogen) atoms. The molecule has 0 unspecified atom stereocenters. The predicted octanol–water partition coefficient (Wildman–Crippen LogP) is 5.16. The molecule has 3 rings (SSSR count). The van der Waals surface area contributed by atoms with Crippen LogP contribution in [0.3, 0.4) is 0 Å². The first kappa shape index (κ1) is 20.6. The lowest BCUT2D eigenvalue weighted by Gasteiger charge is -2.11. The van der Waals surface area contributed by atoms with Gasteiger partial charge >= 0.3 is 0 Å². The lowest BCUT2D eigenvalue weighted by molar-refractivity contribution is 0.0954. The molecule has 1 N–H and O–H groups in total. The summed E-state index contributed by atoms with van der Waals surface area (Å²) in [6, 6.07) is 6.10. The van der Waals surface area contributed by atoms with Crippen molar-refractivity contribution in [2.24, 2.45) is 0 Å². The van der Waals surface area contributed by atoms with E-state index in [9.17, 15) is 4.79 Å². The number of aromatic nitrogens is 2. The Bertz CT molecular complexity index is 994. The number of carbonyl (C=O) groups excluding carboxylic acids is 1. The average Bonchev–Trinajstić information content (AvgIpc) is 3.28. The minimum absolute atomic E-state index is 0.0883. The maximum atomic E-state index is 12.5. The Kier molecular flexibility index (Phi) is 6.57. The quantitative estimate of drug-likeness (QED) is 0.528. The van der Waals surface area contributed by atoms with Crippen LogP contribution < -0.4 is 10.1 Å². The second-order valence-electron chi connectivity index (χ2n) is 6.75. The van der Waals surface area contributed by atoms with E-state index in [4.69, 9.17) is 4.74 Å². The van der Waals surface area contributed by atoms with Crippen LogP contribution in [0, 0.1) is 20.8 Å². The van der Waals surface area contributed by atoms with Crippen molar-refractivity contribution < 1.29 is 9.53 Å². The summed E-state index contributed by atoms with van der Waals surface area (Å²) < 4.78 is 8.77. The van der Waals surface area contributed by atoms with Crippen molar-refractivity contribution in [1.82, 2.24) is 15.1 Å². The molecular weight excluding hydrogens is 438 g/mol. The first-order chi connectivity index (χ1) is 13.4. The third-order valence-corrected chi connectivity index (χ3v) is 6.29. The number of hydrogen-bond donors (Lipinski definition) is 1. The number of amides is 1. The van der Waals surface area contributed by atoms with Gasteiger partial charge in [0.05, 0.1) is 27.8 Å². The molecule has 5 nitrogen and oxygen atoms in total. The molecule has 0 atom stereocenters. The highest BCUT2D eigenvalue weighted by Gasteiger charge is 2.13. The highest BCUT2D eigenvalue weighted by Crippen LogP contribution is 2.25. The van der Waals surface area contributed by atoms with Crippen LogP contribution in [0.25, 0.3) is 0 Å². The Morgan fingerprint density at radius 3 is 2.82 bits per heavy atom. The van der Waals surface area contributed by atoms with E-state index >= 15 is 0 Å². The van der Waals surface area contributed by atoms with Gasteiger partial charge in [-0.25, -0.2) is 0 Å². The molecular formula is C21H24BrN3O2S. The van der Waals surface area contributed by atoms with Gasteiger partial charge in [-0.1, -0.05) is 6.07 Å². The highest BCUT2D eigenvalue weighted by atomic mass is 79.9. The zero-order chi connectivity index (χ0) is 20.3. The molecule has 0 aliphatic rings.